The van der Waals surface area contributed by atoms with Crippen LogP contribution in [0.4, 0.5) is 0 Å². The number of likely N-dealkylation sites (tertiary alicyclic amines) is 1. The van der Waals surface area contributed by atoms with Crippen LogP contribution in [0.1, 0.15) is 63.5 Å². The predicted molar refractivity (Wildman–Crippen MR) is 191 cm³/mol. The van der Waals surface area contributed by atoms with E-state index in [1.54, 1.807) is 0 Å². The van der Waals surface area contributed by atoms with Gasteiger partial charge in [0.05, 0.1) is 5.92 Å². The van der Waals surface area contributed by atoms with Crippen molar-refractivity contribution in [2.45, 2.75) is 88.9 Å². The molecule has 13 nitrogen and oxygen atoms in total. The highest BCUT2D eigenvalue weighted by Gasteiger charge is 2.40. The van der Waals surface area contributed by atoms with Gasteiger partial charge in [-0.15, -0.1) is 0 Å². The fourth-order valence-corrected chi connectivity index (χ4v) is 6.09. The fraction of sp³-hybridized carbons (Fsp3) is 0.541. The van der Waals surface area contributed by atoms with Gasteiger partial charge in [-0.3, -0.25) is 24.0 Å². The summed E-state index contributed by atoms with van der Waals surface area (Å²) in [6.45, 7) is 4.63. The summed E-state index contributed by atoms with van der Waals surface area (Å²) in [5.41, 5.74) is 18.1. The van der Waals surface area contributed by atoms with Crippen LogP contribution in [0.15, 0.2) is 60.7 Å². The van der Waals surface area contributed by atoms with Crippen molar-refractivity contribution in [2.24, 2.45) is 29.0 Å². The summed E-state index contributed by atoms with van der Waals surface area (Å²) < 4.78 is 0. The van der Waals surface area contributed by atoms with Crippen molar-refractivity contribution in [3.8, 4) is 0 Å². The average Bonchev–Trinajstić information content (AvgIpc) is 3.10. The molecule has 3 rings (SSSR count). The third-order valence-electron chi connectivity index (χ3n) is 9.19. The van der Waals surface area contributed by atoms with E-state index in [2.05, 4.69) is 16.0 Å². The number of piperidine rings is 1. The van der Waals surface area contributed by atoms with E-state index in [0.717, 1.165) is 11.1 Å². The number of nitrogens with two attached hydrogens (primary N) is 3. The van der Waals surface area contributed by atoms with Crippen molar-refractivity contribution in [1.82, 2.24) is 20.9 Å². The van der Waals surface area contributed by atoms with Gasteiger partial charge in [0, 0.05) is 26.1 Å². The van der Waals surface area contributed by atoms with Gasteiger partial charge in [-0.1, -0.05) is 74.5 Å². The molecule has 0 saturated carbocycles. The molecule has 50 heavy (non-hydrogen) atoms. The van der Waals surface area contributed by atoms with E-state index in [4.69, 9.17) is 17.2 Å². The SMILES string of the molecule is CC(C)C[C@@H](NC(=O)C(Cc1ccccc1)NC(=O)C(CN)Cc1ccccc1)C(=O)NC(CCCCN)C(=O)N1CCC(N)(C(=O)O)CC1. The van der Waals surface area contributed by atoms with Crippen LogP contribution >= 0.6 is 0 Å². The van der Waals surface area contributed by atoms with E-state index < -0.39 is 47.4 Å². The number of amides is 4. The summed E-state index contributed by atoms with van der Waals surface area (Å²) >= 11 is 0. The van der Waals surface area contributed by atoms with E-state index >= 15 is 0 Å². The molecule has 13 heteroatoms. The number of carboxylic acid groups (broad SMARTS) is 1. The third-order valence-corrected chi connectivity index (χ3v) is 9.19. The molecular formula is C37H55N7O6. The molecule has 4 atom stereocenters. The molecule has 2 aromatic carbocycles. The second-order valence-electron chi connectivity index (χ2n) is 13.7. The number of nitrogens with zero attached hydrogens (tertiary/aromatic N) is 1. The number of aliphatic carboxylic acids is 1. The maximum atomic E-state index is 14.0. The minimum atomic E-state index is -1.40. The summed E-state index contributed by atoms with van der Waals surface area (Å²) in [5.74, 6) is -3.44. The van der Waals surface area contributed by atoms with Crippen LogP contribution < -0.4 is 33.2 Å². The summed E-state index contributed by atoms with van der Waals surface area (Å²) in [5, 5.41) is 18.2. The summed E-state index contributed by atoms with van der Waals surface area (Å²) in [4.78, 5) is 68.2. The molecule has 274 valence electrons. The smallest absolute Gasteiger partial charge is 0.323 e. The highest BCUT2D eigenvalue weighted by atomic mass is 16.4. The van der Waals surface area contributed by atoms with E-state index in [0.29, 0.717) is 32.2 Å². The topological polar surface area (TPSA) is 223 Å². The van der Waals surface area contributed by atoms with Crippen molar-refractivity contribution in [3.05, 3.63) is 71.8 Å². The van der Waals surface area contributed by atoms with Crippen LogP contribution in [-0.2, 0) is 36.8 Å². The Morgan fingerprint density at radius 2 is 1.28 bits per heavy atom. The molecule has 1 saturated heterocycles. The lowest BCUT2D eigenvalue weighted by Gasteiger charge is -2.38. The second-order valence-corrected chi connectivity index (χ2v) is 13.7. The lowest BCUT2D eigenvalue weighted by atomic mass is 9.88. The molecule has 0 aliphatic carbocycles. The van der Waals surface area contributed by atoms with Crippen molar-refractivity contribution >= 4 is 29.6 Å². The molecule has 1 heterocycles. The molecule has 0 aromatic heterocycles. The van der Waals surface area contributed by atoms with Gasteiger partial charge in [0.1, 0.15) is 23.7 Å². The standard InChI is InChI=1S/C37H55N7O6/c1-25(2)21-30(33(46)41-29(15-9-10-18-38)35(48)44-19-16-37(40,17-20-44)36(49)50)43-34(47)31(23-27-13-7-4-8-14-27)42-32(45)28(24-39)22-26-11-5-3-6-12-26/h3-8,11-14,25,28-31H,9-10,15-24,38-40H2,1-2H3,(H,41,46)(H,42,45)(H,43,47)(H,49,50)/t28?,29?,30-,31?/m1/s1. The molecule has 0 bridgehead atoms. The van der Waals surface area contributed by atoms with Crippen LogP contribution in [0.25, 0.3) is 0 Å². The number of carbonyl (C=O) groups is 5. The highest BCUT2D eigenvalue weighted by molar-refractivity contribution is 5.94. The number of hydrogen-bond acceptors (Lipinski definition) is 8. The van der Waals surface area contributed by atoms with Gasteiger partial charge < -0.3 is 43.2 Å². The molecule has 0 spiro atoms. The van der Waals surface area contributed by atoms with Crippen LogP contribution in [-0.4, -0.2) is 89.4 Å². The van der Waals surface area contributed by atoms with Crippen LogP contribution in [0.5, 0.6) is 0 Å². The Bertz CT molecular complexity index is 1400. The molecule has 10 N–H and O–H groups in total. The van der Waals surface area contributed by atoms with Gasteiger partial charge in [0.25, 0.3) is 0 Å². The van der Waals surface area contributed by atoms with Crippen LogP contribution in [0.2, 0.25) is 0 Å². The van der Waals surface area contributed by atoms with Gasteiger partial charge in [0.15, 0.2) is 0 Å². The normalized spacial score (nSPS) is 16.5. The zero-order valence-electron chi connectivity index (χ0n) is 29.3. The first kappa shape index (κ1) is 40.1. The first-order chi connectivity index (χ1) is 23.9. The molecule has 3 unspecified atom stereocenters. The quantitative estimate of drug-likeness (QED) is 0.104. The van der Waals surface area contributed by atoms with Crippen LogP contribution in [0.3, 0.4) is 0 Å². The molecule has 1 aliphatic rings. The van der Waals surface area contributed by atoms with Crippen molar-refractivity contribution in [2.75, 3.05) is 26.2 Å². The first-order valence-corrected chi connectivity index (χ1v) is 17.6. The summed E-state index contributed by atoms with van der Waals surface area (Å²) in [7, 11) is 0. The maximum absolute atomic E-state index is 14.0. The number of rotatable bonds is 19. The zero-order valence-corrected chi connectivity index (χ0v) is 29.3. The third kappa shape index (κ3) is 12.2. The van der Waals surface area contributed by atoms with E-state index in [1.165, 1.54) is 4.90 Å². The molecule has 4 amide bonds. The summed E-state index contributed by atoms with van der Waals surface area (Å²) in [6.07, 6.45) is 2.60. The molecule has 1 aliphatic heterocycles. The van der Waals surface area contributed by atoms with Crippen molar-refractivity contribution in [3.63, 3.8) is 0 Å². The molecule has 1 fully saturated rings. The second kappa shape index (κ2) is 19.8. The van der Waals surface area contributed by atoms with Gasteiger partial charge >= 0.3 is 5.97 Å². The molecule has 0 radical (unpaired) electrons. The Morgan fingerprint density at radius 3 is 1.80 bits per heavy atom. The minimum Gasteiger partial charge on any atom is -0.480 e. The van der Waals surface area contributed by atoms with Crippen LogP contribution in [0, 0.1) is 11.8 Å². The zero-order chi connectivity index (χ0) is 36.7. The van der Waals surface area contributed by atoms with Gasteiger partial charge in [-0.25, -0.2) is 0 Å². The minimum absolute atomic E-state index is 0.00268. The Labute approximate surface area is 295 Å². The predicted octanol–water partition coefficient (Wildman–Crippen LogP) is 1.08. The highest BCUT2D eigenvalue weighted by Crippen LogP contribution is 2.21. The number of hydrogen-bond donors (Lipinski definition) is 7. The van der Waals surface area contributed by atoms with E-state index in [1.807, 2.05) is 74.5 Å². The number of nitrogens with one attached hydrogen (secondary N) is 3. The fourth-order valence-electron chi connectivity index (χ4n) is 6.09. The Morgan fingerprint density at radius 1 is 0.760 bits per heavy atom. The van der Waals surface area contributed by atoms with Gasteiger partial charge in [0.2, 0.25) is 23.6 Å². The average molecular weight is 694 g/mol. The Hall–Kier alpha value is -4.33. The maximum Gasteiger partial charge on any atom is 0.323 e. The lowest BCUT2D eigenvalue weighted by Crippen LogP contribution is -2.60. The van der Waals surface area contributed by atoms with Crippen molar-refractivity contribution < 1.29 is 29.1 Å². The number of unbranched alkanes of at least 4 members (excludes halogenated alkanes) is 1. The Kier molecular flexibility index (Phi) is 15.8. The number of carbonyl (C=O) groups excluding carboxylic acids is 4. The lowest BCUT2D eigenvalue weighted by molar-refractivity contribution is -0.148. The molecular weight excluding hydrogens is 638 g/mol. The van der Waals surface area contributed by atoms with E-state index in [-0.39, 0.29) is 63.0 Å². The van der Waals surface area contributed by atoms with Crippen molar-refractivity contribution in [1.29, 1.82) is 0 Å². The van der Waals surface area contributed by atoms with Gasteiger partial charge in [-0.2, -0.15) is 0 Å². The van der Waals surface area contributed by atoms with E-state index in [9.17, 15) is 29.1 Å². The monoisotopic (exact) mass is 693 g/mol. The largest absolute Gasteiger partial charge is 0.480 e. The summed E-state index contributed by atoms with van der Waals surface area (Å²) in [6, 6.07) is 15.9. The Balaban J connectivity index is 1.79. The molecule has 2 aromatic rings. The first-order valence-electron chi connectivity index (χ1n) is 17.6. The number of benzene rings is 2. The number of carboxylic acids is 1. The van der Waals surface area contributed by atoms with Gasteiger partial charge in [-0.05, 0) is 68.5 Å².